The molecule has 0 radical (unpaired) electrons. The summed E-state index contributed by atoms with van der Waals surface area (Å²) < 4.78 is 0. The molecule has 0 bridgehead atoms. The summed E-state index contributed by atoms with van der Waals surface area (Å²) in [5, 5.41) is 203. The number of rotatable bonds is 54. The van der Waals surface area contributed by atoms with Gasteiger partial charge in [0.05, 0.1) is 56.6 Å². The highest BCUT2D eigenvalue weighted by Crippen LogP contribution is 2.16. The van der Waals surface area contributed by atoms with E-state index in [0.717, 1.165) is 0 Å². The van der Waals surface area contributed by atoms with E-state index in [2.05, 4.69) is 85.7 Å². The van der Waals surface area contributed by atoms with Gasteiger partial charge in [0.2, 0.25) is 59.1 Å². The van der Waals surface area contributed by atoms with Crippen LogP contribution in [0.25, 0.3) is 11.2 Å². The molecular weight excluding hydrogens is 1550 g/mol. The van der Waals surface area contributed by atoms with Crippen molar-refractivity contribution in [2.24, 2.45) is 0 Å². The molecule has 638 valence electrons. The van der Waals surface area contributed by atoms with Gasteiger partial charge in [0.1, 0.15) is 91.2 Å². The Morgan fingerprint density at radius 1 is 0.447 bits per heavy atom. The number of aliphatic carboxylic acids is 3. The molecular formula is C65H100N16O32S. The Morgan fingerprint density at radius 3 is 1.14 bits per heavy atom. The highest BCUT2D eigenvalue weighted by atomic mass is 32.1. The van der Waals surface area contributed by atoms with E-state index < -0.39 is 314 Å². The van der Waals surface area contributed by atoms with E-state index in [1.54, 1.807) is 12.1 Å². The normalized spacial score (nSPS) is 16.4. The van der Waals surface area contributed by atoms with Crippen LogP contribution in [-0.2, 0) is 64.1 Å². The fraction of sp³-hybridized carbons (Fsp3) is 0.615. The lowest BCUT2D eigenvalue weighted by atomic mass is 10.0. The molecule has 0 unspecified atom stereocenters. The van der Waals surface area contributed by atoms with Crippen molar-refractivity contribution in [3.8, 4) is 0 Å². The number of anilines is 2. The number of nitrogens with zero attached hydrogens (tertiary/aromatic N) is 3. The van der Waals surface area contributed by atoms with Crippen molar-refractivity contribution in [2.75, 3.05) is 56.3 Å². The third-order valence-electron chi connectivity index (χ3n) is 17.0. The molecule has 19 atom stereocenters. The first-order chi connectivity index (χ1) is 53.6. The summed E-state index contributed by atoms with van der Waals surface area (Å²) >= 11 is 3.88. The summed E-state index contributed by atoms with van der Waals surface area (Å²) in [6.45, 7) is -4.23. The van der Waals surface area contributed by atoms with Crippen LogP contribution in [0.5, 0.6) is 0 Å². The molecule has 0 fully saturated rings. The average Bonchev–Trinajstić information content (AvgIpc) is 0.812. The monoisotopic (exact) mass is 1650 g/mol. The number of aromatic nitrogens is 4. The number of carboxylic acid groups (broad SMARTS) is 3. The first-order valence-electron chi connectivity index (χ1n) is 35.2. The lowest BCUT2D eigenvalue weighted by molar-refractivity contribution is -0.142. The minimum Gasteiger partial charge on any atom is -0.481 e. The number of benzene rings is 1. The minimum atomic E-state index is -2.22. The van der Waals surface area contributed by atoms with Gasteiger partial charge in [0.25, 0.3) is 11.5 Å². The Morgan fingerprint density at radius 2 is 0.789 bits per heavy atom. The molecule has 0 spiro atoms. The summed E-state index contributed by atoms with van der Waals surface area (Å²) in [7, 11) is 0. The molecule has 10 amide bonds. The number of aromatic amines is 1. The summed E-state index contributed by atoms with van der Waals surface area (Å²) in [6, 6.07) is -6.97. The Bertz CT molecular complexity index is 3760. The molecule has 0 aliphatic rings. The highest BCUT2D eigenvalue weighted by molar-refractivity contribution is 7.80. The zero-order chi connectivity index (χ0) is 85.8. The summed E-state index contributed by atoms with van der Waals surface area (Å²) in [5.74, 6) is -17.7. The predicted molar refractivity (Wildman–Crippen MR) is 389 cm³/mol. The standard InChI is InChI=1S/C65H100N16O32S/c1-27(72-57(105)28-3-5-29(6-4-28)67-18-30-19-71-56-49(73-30)63(111)81-65(66)80-56)2-12-46(94)74-31(7-13-43(91)68-20-37(85)50(99)53(102)40(88)23-82)58(106)77-34(10-16-47(95)96)60(108)75-32(8-14-44(92)69-21-38(86)51(100)54(103)41(89)24-83)59(107)78-35(11-17-48(97)98)61(109)76-33(62(110)79-36(26-114)64(112)113)9-15-45(93)70-22-39(87)52(101)55(104)42(90)25-84/h3-6,19,27,31-42,50-55,67,82-90,99-104,114H,2,7-18,20-26H2,1H3,(H,68,91)(H,69,92)(H,70,93)(H,72,105)(H,74,94)(H,75,108)(H,76,109)(H,77,106)(H,78,107)(H,79,110)(H,95,96)(H,97,98)(H,112,113)(H3,66,71,80,81,111)/t27-,31+,32+,33+,34-,35-,36-,37+,38+,39+,40-,41-,42-,50-,51-,52-,53-,54-,55-/m1/s1. The average molecular weight is 1650 g/mol. The van der Waals surface area contributed by atoms with Crippen molar-refractivity contribution in [3.05, 3.63) is 52.1 Å². The summed E-state index contributed by atoms with van der Waals surface area (Å²) in [6.07, 6.45) is -32.9. The molecule has 48 nitrogen and oxygen atoms in total. The molecule has 0 aliphatic carbocycles. The lowest BCUT2D eigenvalue weighted by Crippen LogP contribution is -2.59. The lowest BCUT2D eigenvalue weighted by Gasteiger charge is -2.28. The van der Waals surface area contributed by atoms with E-state index in [0.29, 0.717) is 11.4 Å². The number of hydrogen-bond acceptors (Lipinski definition) is 35. The molecule has 32 N–H and O–H groups in total. The van der Waals surface area contributed by atoms with E-state index in [1.807, 2.05) is 5.32 Å². The number of hydrogen-bond donors (Lipinski definition) is 32. The number of nitrogen functional groups attached to an aromatic ring is 1. The van der Waals surface area contributed by atoms with Crippen molar-refractivity contribution in [3.63, 3.8) is 0 Å². The molecule has 49 heteroatoms. The van der Waals surface area contributed by atoms with Crippen molar-refractivity contribution >= 4 is 112 Å². The van der Waals surface area contributed by atoms with Gasteiger partial charge in [-0.05, 0) is 69.7 Å². The molecule has 2 aromatic heterocycles. The number of H-pyrrole nitrogens is 1. The van der Waals surface area contributed by atoms with Crippen molar-refractivity contribution < 1.29 is 154 Å². The molecule has 0 aliphatic heterocycles. The summed E-state index contributed by atoms with van der Waals surface area (Å²) in [5.41, 5.74) is 5.93. The Kier molecular flexibility index (Phi) is 42.6. The third kappa shape index (κ3) is 33.9. The number of thiol groups is 1. The Labute approximate surface area is 651 Å². The fourth-order valence-corrected chi connectivity index (χ4v) is 10.5. The second-order valence-electron chi connectivity index (χ2n) is 26.1. The van der Waals surface area contributed by atoms with E-state index in [9.17, 15) is 154 Å². The number of aliphatic hydroxyl groups is 15. The quantitative estimate of drug-likeness (QED) is 0.0233. The zero-order valence-electron chi connectivity index (χ0n) is 61.1. The minimum absolute atomic E-state index is 0.0236. The van der Waals surface area contributed by atoms with E-state index in [4.69, 9.17) is 10.8 Å². The van der Waals surface area contributed by atoms with Crippen LogP contribution in [0.1, 0.15) is 100 Å². The van der Waals surface area contributed by atoms with Gasteiger partial charge in [-0.25, -0.2) is 14.8 Å². The van der Waals surface area contributed by atoms with Crippen LogP contribution in [0.15, 0.2) is 35.3 Å². The maximum Gasteiger partial charge on any atom is 0.327 e. The number of amides is 10. The van der Waals surface area contributed by atoms with Gasteiger partial charge < -0.3 is 156 Å². The molecule has 0 saturated heterocycles. The van der Waals surface area contributed by atoms with Crippen molar-refractivity contribution in [1.29, 1.82) is 0 Å². The number of aliphatic hydroxyl groups excluding tert-OH is 15. The molecule has 2 heterocycles. The van der Waals surface area contributed by atoms with Gasteiger partial charge in [-0.2, -0.15) is 17.6 Å². The molecule has 0 saturated carbocycles. The number of nitrogens with one attached hydrogen (secondary N) is 12. The van der Waals surface area contributed by atoms with Gasteiger partial charge in [-0.3, -0.25) is 67.3 Å². The number of carbonyl (C=O) groups is 13. The number of carbonyl (C=O) groups excluding carboxylic acids is 10. The molecule has 3 aromatic rings. The highest BCUT2D eigenvalue weighted by Gasteiger charge is 2.38. The largest absolute Gasteiger partial charge is 0.481 e. The smallest absolute Gasteiger partial charge is 0.327 e. The second-order valence-corrected chi connectivity index (χ2v) is 26.4. The maximum atomic E-state index is 14.6. The van der Waals surface area contributed by atoms with Crippen LogP contribution in [0.3, 0.4) is 0 Å². The van der Waals surface area contributed by atoms with Crippen LogP contribution in [0.2, 0.25) is 0 Å². The summed E-state index contributed by atoms with van der Waals surface area (Å²) in [4.78, 5) is 202. The third-order valence-corrected chi connectivity index (χ3v) is 17.4. The van der Waals surface area contributed by atoms with Gasteiger partial charge >= 0.3 is 17.9 Å². The topological polar surface area (TPSA) is 816 Å². The van der Waals surface area contributed by atoms with E-state index >= 15 is 0 Å². The SMILES string of the molecule is C[C@H](CCC(=O)N[C@@H](CCC(=O)NC[C@H](O)[C@@H](O)[C@H](O)[C@H](O)CO)C(=O)N[C@H](CCC(=O)O)C(=O)N[C@@H](CCC(=O)NC[C@H](O)[C@@H](O)[C@H](O)[C@H](O)CO)C(=O)N[C@H](CCC(=O)O)C(=O)N[C@@H](CCC(=O)NC[C@H](O)[C@@H](O)[C@H](O)[C@H](O)CO)C(=O)N[C@H](CS)C(=O)O)NC(=O)c1ccc(NCc2cnc3nc(N)[nH]c(=O)c3n2)cc1. The van der Waals surface area contributed by atoms with Crippen LogP contribution >= 0.6 is 12.6 Å². The Balaban J connectivity index is 2.02. The van der Waals surface area contributed by atoms with Gasteiger partial charge in [-0.15, -0.1) is 0 Å². The zero-order valence-corrected chi connectivity index (χ0v) is 62.0. The molecule has 114 heavy (non-hydrogen) atoms. The van der Waals surface area contributed by atoms with Gasteiger partial charge in [0, 0.05) is 81.2 Å². The number of nitrogens with two attached hydrogens (primary N) is 1. The second kappa shape index (κ2) is 49.5. The Hall–Kier alpha value is -10.1. The van der Waals surface area contributed by atoms with Gasteiger partial charge in [-0.1, -0.05) is 0 Å². The fourth-order valence-electron chi connectivity index (χ4n) is 10.2. The maximum absolute atomic E-state index is 14.6. The van der Waals surface area contributed by atoms with E-state index in [-0.39, 0.29) is 35.6 Å². The molecule has 3 rings (SSSR count). The van der Waals surface area contributed by atoms with Crippen LogP contribution in [0, 0.1) is 0 Å². The van der Waals surface area contributed by atoms with Crippen LogP contribution < -0.4 is 69.8 Å². The molecule has 1 aromatic carbocycles. The van der Waals surface area contributed by atoms with Crippen LogP contribution in [0.4, 0.5) is 11.6 Å². The first kappa shape index (κ1) is 98.1. The first-order valence-corrected chi connectivity index (χ1v) is 35.8. The predicted octanol–water partition coefficient (Wildman–Crippen LogP) is -13.5. The number of fused-ring (bicyclic) bond motifs is 1. The van der Waals surface area contributed by atoms with Gasteiger partial charge in [0.15, 0.2) is 11.2 Å². The number of carboxylic acids is 3. The van der Waals surface area contributed by atoms with Crippen molar-refractivity contribution in [2.45, 2.75) is 206 Å². The van der Waals surface area contributed by atoms with Crippen molar-refractivity contribution in [1.82, 2.24) is 73.1 Å². The van der Waals surface area contributed by atoms with Crippen LogP contribution in [-0.4, -0.2) is 350 Å². The van der Waals surface area contributed by atoms with E-state index in [1.165, 1.54) is 25.3 Å².